The van der Waals surface area contributed by atoms with E-state index >= 15 is 0 Å². The maximum atomic E-state index is 12.7. The Morgan fingerprint density at radius 2 is 1.90 bits per heavy atom. The van der Waals surface area contributed by atoms with Crippen molar-refractivity contribution in [3.8, 4) is 11.4 Å². The van der Waals surface area contributed by atoms with E-state index < -0.39 is 0 Å². The van der Waals surface area contributed by atoms with Crippen LogP contribution in [0.2, 0.25) is 0 Å². The highest BCUT2D eigenvalue weighted by atomic mass is 16.1. The fourth-order valence-corrected chi connectivity index (χ4v) is 3.86. The van der Waals surface area contributed by atoms with Gasteiger partial charge in [-0.1, -0.05) is 30.3 Å². The zero-order chi connectivity index (χ0) is 20.3. The summed E-state index contributed by atoms with van der Waals surface area (Å²) in [5, 5.41) is 4.49. The van der Waals surface area contributed by atoms with Crippen LogP contribution in [0.4, 0.5) is 0 Å². The molecule has 0 bridgehead atoms. The van der Waals surface area contributed by atoms with Crippen LogP contribution in [0.3, 0.4) is 0 Å². The number of rotatable bonds is 5. The first-order valence-electron chi connectivity index (χ1n) is 10.0. The SMILES string of the molecule is O=c1[nH]c(-c2cccnc2)nc2c1CN(Cc1cnn(Cc3ccccc3)c1)CC2. The van der Waals surface area contributed by atoms with E-state index in [2.05, 4.69) is 38.3 Å². The Morgan fingerprint density at radius 1 is 1.00 bits per heavy atom. The molecule has 4 aromatic rings. The fourth-order valence-electron chi connectivity index (χ4n) is 3.86. The van der Waals surface area contributed by atoms with Crippen molar-refractivity contribution in [3.05, 3.63) is 100.0 Å². The normalized spacial score (nSPS) is 13.9. The van der Waals surface area contributed by atoms with Crippen molar-refractivity contribution in [3.63, 3.8) is 0 Å². The summed E-state index contributed by atoms with van der Waals surface area (Å²) in [7, 11) is 0. The third-order valence-electron chi connectivity index (χ3n) is 5.36. The van der Waals surface area contributed by atoms with E-state index in [4.69, 9.17) is 4.98 Å². The minimum Gasteiger partial charge on any atom is -0.306 e. The maximum Gasteiger partial charge on any atom is 0.255 e. The molecule has 0 radical (unpaired) electrons. The molecule has 3 aromatic heterocycles. The summed E-state index contributed by atoms with van der Waals surface area (Å²) in [5.74, 6) is 0.586. The van der Waals surface area contributed by atoms with Crippen LogP contribution < -0.4 is 5.56 Å². The van der Waals surface area contributed by atoms with Crippen LogP contribution in [0.1, 0.15) is 22.4 Å². The van der Waals surface area contributed by atoms with E-state index in [1.807, 2.05) is 41.2 Å². The number of pyridine rings is 1. The zero-order valence-electron chi connectivity index (χ0n) is 16.5. The quantitative estimate of drug-likeness (QED) is 0.559. The molecular weight excluding hydrogens is 376 g/mol. The van der Waals surface area contributed by atoms with Crippen molar-refractivity contribution < 1.29 is 0 Å². The van der Waals surface area contributed by atoms with Crippen LogP contribution >= 0.6 is 0 Å². The summed E-state index contributed by atoms with van der Waals surface area (Å²) >= 11 is 0. The predicted molar refractivity (Wildman–Crippen MR) is 114 cm³/mol. The topological polar surface area (TPSA) is 79.7 Å². The lowest BCUT2D eigenvalue weighted by atomic mass is 10.1. The molecule has 1 aliphatic heterocycles. The van der Waals surface area contributed by atoms with Gasteiger partial charge in [0.2, 0.25) is 0 Å². The summed E-state index contributed by atoms with van der Waals surface area (Å²) in [6.45, 7) is 2.97. The minimum absolute atomic E-state index is 0.0664. The molecule has 1 aromatic carbocycles. The van der Waals surface area contributed by atoms with Gasteiger partial charge in [-0.3, -0.25) is 19.4 Å². The van der Waals surface area contributed by atoms with Gasteiger partial charge in [-0.2, -0.15) is 5.10 Å². The Bertz CT molecular complexity index is 1200. The van der Waals surface area contributed by atoms with Crippen molar-refractivity contribution in [2.24, 2.45) is 0 Å². The second kappa shape index (κ2) is 8.04. The molecule has 7 nitrogen and oxygen atoms in total. The van der Waals surface area contributed by atoms with Crippen molar-refractivity contribution in [2.45, 2.75) is 26.1 Å². The number of nitrogens with one attached hydrogen (secondary N) is 1. The van der Waals surface area contributed by atoms with Crippen LogP contribution in [0.25, 0.3) is 11.4 Å². The van der Waals surface area contributed by atoms with Crippen LogP contribution in [-0.4, -0.2) is 36.2 Å². The Balaban J connectivity index is 1.29. The molecule has 0 amide bonds. The number of H-pyrrole nitrogens is 1. The summed E-state index contributed by atoms with van der Waals surface area (Å²) in [6, 6.07) is 14.0. The average molecular weight is 398 g/mol. The third-order valence-corrected chi connectivity index (χ3v) is 5.36. The number of benzene rings is 1. The summed E-state index contributed by atoms with van der Waals surface area (Å²) in [4.78, 5) is 26.7. The Hall–Kier alpha value is -3.58. The van der Waals surface area contributed by atoms with Crippen molar-refractivity contribution >= 4 is 0 Å². The summed E-state index contributed by atoms with van der Waals surface area (Å²) < 4.78 is 1.96. The number of aromatic amines is 1. The van der Waals surface area contributed by atoms with E-state index in [0.29, 0.717) is 12.4 Å². The molecule has 30 heavy (non-hydrogen) atoms. The van der Waals surface area contributed by atoms with Gasteiger partial charge in [-0.05, 0) is 17.7 Å². The van der Waals surface area contributed by atoms with Gasteiger partial charge in [-0.25, -0.2) is 4.98 Å². The van der Waals surface area contributed by atoms with Crippen LogP contribution in [0, 0.1) is 0 Å². The molecule has 0 saturated carbocycles. The van der Waals surface area contributed by atoms with Gasteiger partial charge >= 0.3 is 0 Å². The Morgan fingerprint density at radius 3 is 2.73 bits per heavy atom. The van der Waals surface area contributed by atoms with Crippen LogP contribution in [0.15, 0.2) is 72.0 Å². The molecule has 7 heteroatoms. The molecule has 0 atom stereocenters. The molecule has 1 aliphatic rings. The average Bonchev–Trinajstić information content (AvgIpc) is 3.22. The van der Waals surface area contributed by atoms with Gasteiger partial charge in [0.05, 0.1) is 24.0 Å². The van der Waals surface area contributed by atoms with Gasteiger partial charge < -0.3 is 4.98 Å². The summed E-state index contributed by atoms with van der Waals surface area (Å²) in [5.41, 5.74) is 4.76. The molecule has 0 aliphatic carbocycles. The second-order valence-electron chi connectivity index (χ2n) is 7.57. The van der Waals surface area contributed by atoms with E-state index in [-0.39, 0.29) is 5.56 Å². The van der Waals surface area contributed by atoms with Gasteiger partial charge in [-0.15, -0.1) is 0 Å². The molecule has 1 N–H and O–H groups in total. The zero-order valence-corrected chi connectivity index (χ0v) is 16.5. The predicted octanol–water partition coefficient (Wildman–Crippen LogP) is 2.64. The van der Waals surface area contributed by atoms with Gasteiger partial charge in [0.1, 0.15) is 5.82 Å². The minimum atomic E-state index is -0.0664. The molecule has 0 spiro atoms. The van der Waals surface area contributed by atoms with Crippen molar-refractivity contribution in [2.75, 3.05) is 6.54 Å². The number of nitrogens with zero attached hydrogens (tertiary/aromatic N) is 5. The van der Waals surface area contributed by atoms with Crippen LogP contribution in [0.5, 0.6) is 0 Å². The largest absolute Gasteiger partial charge is 0.306 e. The molecular formula is C23H22N6O. The fraction of sp³-hybridized carbons (Fsp3) is 0.217. The van der Waals surface area contributed by atoms with Crippen LogP contribution in [-0.2, 0) is 26.1 Å². The highest BCUT2D eigenvalue weighted by molar-refractivity contribution is 5.53. The molecule has 0 fully saturated rings. The molecule has 0 saturated heterocycles. The van der Waals surface area contributed by atoms with E-state index in [9.17, 15) is 4.79 Å². The van der Waals surface area contributed by atoms with E-state index in [1.54, 1.807) is 12.4 Å². The second-order valence-corrected chi connectivity index (χ2v) is 7.57. The molecule has 0 unspecified atom stereocenters. The van der Waals surface area contributed by atoms with Gasteiger partial charge in [0.25, 0.3) is 5.56 Å². The lowest BCUT2D eigenvalue weighted by Gasteiger charge is -2.27. The standard InChI is InChI=1S/C23H22N6O/c30-23-20-16-28(10-8-21(20)26-22(27-23)19-7-4-9-24-12-19)13-18-11-25-29(15-18)14-17-5-2-1-3-6-17/h1-7,9,11-12,15H,8,10,13-14,16H2,(H,26,27,30). The lowest BCUT2D eigenvalue weighted by molar-refractivity contribution is 0.242. The maximum absolute atomic E-state index is 12.7. The summed E-state index contributed by atoms with van der Waals surface area (Å²) in [6.07, 6.45) is 8.17. The highest BCUT2D eigenvalue weighted by Crippen LogP contribution is 2.19. The molecule has 4 heterocycles. The highest BCUT2D eigenvalue weighted by Gasteiger charge is 2.22. The first-order chi connectivity index (χ1) is 14.7. The number of hydrogen-bond acceptors (Lipinski definition) is 5. The number of aromatic nitrogens is 5. The number of fused-ring (bicyclic) bond motifs is 1. The van der Waals surface area contributed by atoms with Gasteiger partial charge in [0.15, 0.2) is 0 Å². The Labute approximate surface area is 174 Å². The van der Waals surface area contributed by atoms with Crippen molar-refractivity contribution in [1.82, 2.24) is 29.6 Å². The van der Waals surface area contributed by atoms with E-state index in [0.717, 1.165) is 48.4 Å². The van der Waals surface area contributed by atoms with Crippen molar-refractivity contribution in [1.29, 1.82) is 0 Å². The first-order valence-corrected chi connectivity index (χ1v) is 10.0. The Kier molecular flexibility index (Phi) is 4.94. The molecule has 5 rings (SSSR count). The molecule has 150 valence electrons. The smallest absolute Gasteiger partial charge is 0.255 e. The third kappa shape index (κ3) is 3.92. The van der Waals surface area contributed by atoms with Gasteiger partial charge in [0, 0.05) is 55.8 Å². The number of hydrogen-bond donors (Lipinski definition) is 1. The van der Waals surface area contributed by atoms with E-state index in [1.165, 1.54) is 5.56 Å². The first kappa shape index (κ1) is 18.4. The lowest BCUT2D eigenvalue weighted by Crippen LogP contribution is -2.35. The monoisotopic (exact) mass is 398 g/mol.